The van der Waals surface area contributed by atoms with Crippen LogP contribution in [0.4, 0.5) is 18.0 Å². The lowest BCUT2D eigenvalue weighted by Gasteiger charge is -2.23. The molecular weight excluding hydrogens is 383 g/mol. The number of likely N-dealkylation sites (tertiary alicyclic amines) is 1. The van der Waals surface area contributed by atoms with Crippen molar-refractivity contribution in [3.63, 3.8) is 0 Å². The van der Waals surface area contributed by atoms with Crippen LogP contribution in [0.15, 0.2) is 48.5 Å². The normalized spacial score (nSPS) is 27.4. The molecule has 2 fully saturated rings. The highest BCUT2D eigenvalue weighted by Gasteiger charge is 2.83. The Bertz CT molecular complexity index is 946. The number of carbonyl (C=O) groups is 1. The summed E-state index contributed by atoms with van der Waals surface area (Å²) in [6, 6.07) is 15.7. The van der Waals surface area contributed by atoms with E-state index in [2.05, 4.69) is 0 Å². The number of carbonyl (C=O) groups excluding carboxylic acids is 1. The van der Waals surface area contributed by atoms with Crippen LogP contribution >= 0.6 is 0 Å². The van der Waals surface area contributed by atoms with E-state index >= 15 is 0 Å². The molecule has 0 bridgehead atoms. The van der Waals surface area contributed by atoms with E-state index in [9.17, 15) is 23.1 Å². The lowest BCUT2D eigenvalue weighted by molar-refractivity contribution is -0.194. The van der Waals surface area contributed by atoms with Crippen molar-refractivity contribution in [1.29, 1.82) is 0 Å². The van der Waals surface area contributed by atoms with Crippen molar-refractivity contribution >= 4 is 6.09 Å². The van der Waals surface area contributed by atoms with Crippen molar-refractivity contribution in [1.82, 2.24) is 4.90 Å². The Morgan fingerprint density at radius 2 is 1.66 bits per heavy atom. The highest BCUT2D eigenvalue weighted by molar-refractivity contribution is 5.79. The van der Waals surface area contributed by atoms with Gasteiger partial charge in [0.15, 0.2) is 0 Å². The van der Waals surface area contributed by atoms with Gasteiger partial charge in [0.25, 0.3) is 0 Å². The first-order valence-electron chi connectivity index (χ1n) is 9.59. The largest absolute Gasteiger partial charge is 0.448 e. The van der Waals surface area contributed by atoms with Gasteiger partial charge in [-0.15, -0.1) is 0 Å². The molecule has 1 heterocycles. The average Bonchev–Trinajstić information content (AvgIpc) is 3.09. The molecule has 7 heteroatoms. The summed E-state index contributed by atoms with van der Waals surface area (Å²) in [5, 5.41) is 9.54. The molecule has 1 saturated heterocycles. The number of halogens is 3. The second-order valence-corrected chi connectivity index (χ2v) is 8.36. The van der Waals surface area contributed by atoms with E-state index in [-0.39, 0.29) is 25.5 Å². The molecule has 1 saturated carbocycles. The predicted molar refractivity (Wildman–Crippen MR) is 99.3 cm³/mol. The number of hydrogen-bond donors (Lipinski definition) is 1. The van der Waals surface area contributed by atoms with Gasteiger partial charge in [-0.1, -0.05) is 48.5 Å². The molecule has 1 amide bonds. The molecule has 1 aliphatic heterocycles. The van der Waals surface area contributed by atoms with Gasteiger partial charge in [-0.25, -0.2) is 4.79 Å². The second kappa shape index (κ2) is 5.98. The van der Waals surface area contributed by atoms with Gasteiger partial charge in [0, 0.05) is 24.4 Å². The number of hydrogen-bond acceptors (Lipinski definition) is 3. The molecule has 0 spiro atoms. The number of rotatable bonds is 3. The zero-order valence-electron chi connectivity index (χ0n) is 15.6. The Hall–Kier alpha value is -2.54. The second-order valence-electron chi connectivity index (χ2n) is 8.36. The van der Waals surface area contributed by atoms with E-state index in [1.807, 2.05) is 48.5 Å². The fraction of sp³-hybridized carbons (Fsp3) is 0.409. The average molecular weight is 403 g/mol. The van der Waals surface area contributed by atoms with Crippen molar-refractivity contribution < 1.29 is 27.8 Å². The maximum absolute atomic E-state index is 13.5. The first-order valence-corrected chi connectivity index (χ1v) is 9.59. The van der Waals surface area contributed by atoms with Crippen molar-refractivity contribution in [3.8, 4) is 11.1 Å². The van der Waals surface area contributed by atoms with Crippen LogP contribution in [-0.2, 0) is 4.74 Å². The molecule has 0 unspecified atom stereocenters. The lowest BCUT2D eigenvalue weighted by atomic mass is 9.97. The third-order valence-corrected chi connectivity index (χ3v) is 6.92. The Morgan fingerprint density at radius 3 is 2.17 bits per heavy atom. The number of piperidine rings is 1. The minimum absolute atomic E-state index is 0.0640. The topological polar surface area (TPSA) is 49.8 Å². The Balaban J connectivity index is 1.33. The maximum atomic E-state index is 13.5. The number of alkyl halides is 3. The summed E-state index contributed by atoms with van der Waals surface area (Å²) in [5.41, 5.74) is 0.981. The number of ether oxygens (including phenoxy) is 1. The maximum Gasteiger partial charge on any atom is 0.409 e. The summed E-state index contributed by atoms with van der Waals surface area (Å²) < 4.78 is 46.1. The van der Waals surface area contributed by atoms with Gasteiger partial charge in [0.05, 0.1) is 12.0 Å². The third kappa shape index (κ3) is 2.46. The van der Waals surface area contributed by atoms with E-state index in [1.165, 1.54) is 0 Å². The van der Waals surface area contributed by atoms with Crippen molar-refractivity contribution in [2.75, 3.05) is 26.3 Å². The Labute approximate surface area is 165 Å². The molecule has 2 aromatic rings. The summed E-state index contributed by atoms with van der Waals surface area (Å²) in [6.45, 7) is -1.10. The fourth-order valence-electron chi connectivity index (χ4n) is 5.27. The standard InChI is InChI=1S/C22H20F3NO3/c23-22(24,25)21-10-20(21,13-27)11-26(12-21)19(28)29-9-18-16-7-3-1-5-14(16)15-6-2-4-8-17(15)18/h1-8,18,27H,9-13H2/t20-,21-/m1/s1. The van der Waals surface area contributed by atoms with Crippen LogP contribution in [0.5, 0.6) is 0 Å². The van der Waals surface area contributed by atoms with Gasteiger partial charge in [-0.3, -0.25) is 0 Å². The minimum atomic E-state index is -4.45. The molecule has 1 N–H and O–H groups in total. The van der Waals surface area contributed by atoms with Gasteiger partial charge in [0.1, 0.15) is 6.61 Å². The predicted octanol–water partition coefficient (Wildman–Crippen LogP) is 4.18. The summed E-state index contributed by atoms with van der Waals surface area (Å²) in [5.74, 6) is -0.146. The highest BCUT2D eigenvalue weighted by Crippen LogP contribution is 2.74. The number of fused-ring (bicyclic) bond motifs is 4. The zero-order valence-corrected chi connectivity index (χ0v) is 15.6. The number of aliphatic hydroxyl groups is 1. The summed E-state index contributed by atoms with van der Waals surface area (Å²) in [7, 11) is 0. The molecule has 2 aromatic carbocycles. The van der Waals surface area contributed by atoms with E-state index in [0.717, 1.165) is 27.2 Å². The van der Waals surface area contributed by atoms with Crippen LogP contribution in [0.3, 0.4) is 0 Å². The van der Waals surface area contributed by atoms with Crippen LogP contribution in [0.2, 0.25) is 0 Å². The number of amides is 1. The van der Waals surface area contributed by atoms with Crippen LogP contribution < -0.4 is 0 Å². The smallest absolute Gasteiger partial charge is 0.409 e. The molecule has 152 valence electrons. The van der Waals surface area contributed by atoms with E-state index in [4.69, 9.17) is 4.74 Å². The van der Waals surface area contributed by atoms with Crippen LogP contribution in [0.25, 0.3) is 11.1 Å². The van der Waals surface area contributed by atoms with Gasteiger partial charge in [-0.05, 0) is 28.7 Å². The third-order valence-electron chi connectivity index (χ3n) is 6.92. The molecule has 0 radical (unpaired) electrons. The van der Waals surface area contributed by atoms with Crippen molar-refractivity contribution in [2.24, 2.45) is 10.8 Å². The van der Waals surface area contributed by atoms with Gasteiger partial charge in [-0.2, -0.15) is 13.2 Å². The molecule has 4 nitrogen and oxygen atoms in total. The molecule has 2 atom stereocenters. The fourth-order valence-corrected chi connectivity index (χ4v) is 5.27. The zero-order chi connectivity index (χ0) is 20.4. The van der Waals surface area contributed by atoms with E-state index < -0.39 is 36.3 Å². The van der Waals surface area contributed by atoms with Crippen molar-refractivity contribution in [3.05, 3.63) is 59.7 Å². The van der Waals surface area contributed by atoms with E-state index in [1.54, 1.807) is 0 Å². The highest BCUT2D eigenvalue weighted by atomic mass is 19.4. The van der Waals surface area contributed by atoms with Crippen LogP contribution in [0, 0.1) is 10.8 Å². The van der Waals surface area contributed by atoms with Crippen LogP contribution in [-0.4, -0.2) is 48.6 Å². The quantitative estimate of drug-likeness (QED) is 0.837. The number of aliphatic hydroxyl groups excluding tert-OH is 1. The number of nitrogens with zero attached hydrogens (tertiary/aromatic N) is 1. The molecule has 3 aliphatic rings. The Kier molecular flexibility index (Phi) is 3.81. The summed E-state index contributed by atoms with van der Waals surface area (Å²) in [4.78, 5) is 13.7. The van der Waals surface area contributed by atoms with Gasteiger partial charge in [0.2, 0.25) is 0 Å². The molecule has 2 aliphatic carbocycles. The van der Waals surface area contributed by atoms with E-state index in [0.29, 0.717) is 0 Å². The van der Waals surface area contributed by atoms with Gasteiger partial charge < -0.3 is 14.7 Å². The molecule has 29 heavy (non-hydrogen) atoms. The number of benzene rings is 2. The molecule has 0 aromatic heterocycles. The SMILES string of the molecule is O=C(OCC1c2ccccc2-c2ccccc21)N1C[C@@]2(CO)C[C@@]2(C(F)(F)F)C1. The summed E-state index contributed by atoms with van der Waals surface area (Å²) in [6.07, 6.45) is -5.34. The van der Waals surface area contributed by atoms with Crippen LogP contribution in [0.1, 0.15) is 23.5 Å². The minimum Gasteiger partial charge on any atom is -0.448 e. The molecular formula is C22H20F3NO3. The lowest BCUT2D eigenvalue weighted by Crippen LogP contribution is -2.37. The summed E-state index contributed by atoms with van der Waals surface area (Å²) >= 11 is 0. The van der Waals surface area contributed by atoms with Gasteiger partial charge >= 0.3 is 12.3 Å². The first kappa shape index (κ1) is 18.5. The van der Waals surface area contributed by atoms with Crippen molar-refractivity contribution in [2.45, 2.75) is 18.5 Å². The first-order chi connectivity index (χ1) is 13.8. The molecule has 5 rings (SSSR count). The monoisotopic (exact) mass is 403 g/mol. The Morgan fingerprint density at radius 1 is 1.07 bits per heavy atom.